The maximum Gasteiger partial charge on any atom is 0.508 e. The van der Waals surface area contributed by atoms with Crippen LogP contribution >= 0.6 is 7.82 Å². The molecule has 11 nitrogen and oxygen atoms in total. The van der Waals surface area contributed by atoms with Crippen molar-refractivity contribution in [2.75, 3.05) is 27.9 Å². The molecule has 3 N–H and O–H groups in total. The summed E-state index contributed by atoms with van der Waals surface area (Å²) in [6.07, 6.45) is -2.37. The molecule has 0 aromatic heterocycles. The first-order chi connectivity index (χ1) is 14.3. The average molecular weight is 446 g/mol. The lowest BCUT2D eigenvalue weighted by Gasteiger charge is -2.26. The lowest BCUT2D eigenvalue weighted by molar-refractivity contribution is -0.0320. The van der Waals surface area contributed by atoms with Gasteiger partial charge < -0.3 is 29.7 Å². The predicted molar refractivity (Wildman–Crippen MR) is 105 cm³/mol. The van der Waals surface area contributed by atoms with E-state index in [1.54, 1.807) is 12.1 Å². The molecule has 1 fully saturated rings. The van der Waals surface area contributed by atoms with E-state index in [9.17, 15) is 19.0 Å². The van der Waals surface area contributed by atoms with Crippen molar-refractivity contribution in [2.45, 2.75) is 31.3 Å². The van der Waals surface area contributed by atoms with Crippen LogP contribution in [0.25, 0.3) is 0 Å². The summed E-state index contributed by atoms with van der Waals surface area (Å²) >= 11 is 0. The largest absolute Gasteiger partial charge is 0.508 e. The molecule has 0 bridgehead atoms. The van der Waals surface area contributed by atoms with Gasteiger partial charge in [-0.05, 0) is 12.0 Å². The van der Waals surface area contributed by atoms with E-state index in [2.05, 4.69) is 15.2 Å². The minimum Gasteiger partial charge on any atom is -0.434 e. The summed E-state index contributed by atoms with van der Waals surface area (Å²) in [6, 6.07) is 8.08. The van der Waals surface area contributed by atoms with E-state index in [0.29, 0.717) is 0 Å². The summed E-state index contributed by atoms with van der Waals surface area (Å²) in [5.41, 5.74) is 0.798. The molecule has 5 atom stereocenters. The van der Waals surface area contributed by atoms with Gasteiger partial charge in [0.05, 0.1) is 6.04 Å². The zero-order valence-corrected chi connectivity index (χ0v) is 17.9. The van der Waals surface area contributed by atoms with Gasteiger partial charge in [0.2, 0.25) is 0 Å². The molecule has 168 valence electrons. The highest BCUT2D eigenvalue weighted by Crippen LogP contribution is 2.48. The number of rotatable bonds is 9. The average Bonchev–Trinajstić information content (AvgIpc) is 3.06. The molecule has 2 rings (SSSR count). The Labute approximate surface area is 174 Å². The molecule has 30 heavy (non-hydrogen) atoms. The smallest absolute Gasteiger partial charge is 0.434 e. The molecule has 0 aliphatic heterocycles. The summed E-state index contributed by atoms with van der Waals surface area (Å²) in [7, 11) is -0.491. The quantitative estimate of drug-likeness (QED) is 0.382. The van der Waals surface area contributed by atoms with Gasteiger partial charge >= 0.3 is 20.0 Å². The Morgan fingerprint density at radius 2 is 1.87 bits per heavy atom. The summed E-state index contributed by atoms with van der Waals surface area (Å²) in [6.45, 7) is -0.130. The number of carbonyl (C=O) groups excluding carboxylic acids is 2. The molecule has 1 aromatic carbocycles. The van der Waals surface area contributed by atoms with Crippen LogP contribution in [0.2, 0.25) is 0 Å². The van der Waals surface area contributed by atoms with E-state index < -0.39 is 44.2 Å². The Hall–Kier alpha value is -2.17. The van der Waals surface area contributed by atoms with Gasteiger partial charge in [-0.2, -0.15) is 0 Å². The van der Waals surface area contributed by atoms with E-state index >= 15 is 0 Å². The number of ether oxygens (including phenoxy) is 3. The van der Waals surface area contributed by atoms with Crippen molar-refractivity contribution in [3.05, 3.63) is 35.9 Å². The number of amides is 2. The highest BCUT2D eigenvalue weighted by molar-refractivity contribution is 7.47. The third-order valence-electron chi connectivity index (χ3n) is 4.66. The number of phosphoric ester groups is 1. The number of nitrogens with one attached hydrogen (secondary N) is 2. The maximum atomic E-state index is 12.0. The Bertz CT molecular complexity index is 748. The summed E-state index contributed by atoms with van der Waals surface area (Å²) < 4.78 is 37.3. The second-order valence-corrected chi connectivity index (χ2v) is 8.10. The monoisotopic (exact) mass is 446 g/mol. The molecular formula is C18H27N2O9P. The van der Waals surface area contributed by atoms with Crippen LogP contribution in [0.4, 0.5) is 9.59 Å². The van der Waals surface area contributed by atoms with E-state index in [-0.39, 0.29) is 19.6 Å². The number of hydrogen-bond acceptors (Lipinski definition) is 8. The molecule has 1 aliphatic carbocycles. The molecule has 1 aromatic rings. The molecular weight excluding hydrogens is 419 g/mol. The van der Waals surface area contributed by atoms with Crippen molar-refractivity contribution in [3.8, 4) is 0 Å². The Kier molecular flexibility index (Phi) is 9.07. The third kappa shape index (κ3) is 6.96. The van der Waals surface area contributed by atoms with E-state index in [0.717, 1.165) is 12.7 Å². The van der Waals surface area contributed by atoms with Crippen LogP contribution in [-0.2, 0) is 34.4 Å². The van der Waals surface area contributed by atoms with E-state index in [1.807, 2.05) is 18.2 Å². The first-order valence-electron chi connectivity index (χ1n) is 9.21. The normalized spacial score (nSPS) is 25.2. The van der Waals surface area contributed by atoms with Gasteiger partial charge in [-0.15, -0.1) is 0 Å². The topological polar surface area (TPSA) is 142 Å². The Morgan fingerprint density at radius 1 is 1.17 bits per heavy atom. The molecule has 1 saturated carbocycles. The molecule has 12 heteroatoms. The summed E-state index contributed by atoms with van der Waals surface area (Å²) in [4.78, 5) is 33.4. The van der Waals surface area contributed by atoms with Gasteiger partial charge in [0.1, 0.15) is 25.4 Å². The van der Waals surface area contributed by atoms with Gasteiger partial charge in [0.15, 0.2) is 0 Å². The minimum atomic E-state index is -4.36. The fourth-order valence-corrected chi connectivity index (χ4v) is 3.90. The SMILES string of the molecule is CNC(=O)N[C@H]1C[C@H](COC(=O)OCc2ccccc2)C(OP(=O)(O)OC)[C@@H]1OC. The van der Waals surface area contributed by atoms with Gasteiger partial charge in [0.25, 0.3) is 0 Å². The van der Waals surface area contributed by atoms with Crippen LogP contribution in [0.5, 0.6) is 0 Å². The van der Waals surface area contributed by atoms with Crippen LogP contribution in [0.15, 0.2) is 30.3 Å². The molecule has 0 heterocycles. The van der Waals surface area contributed by atoms with Gasteiger partial charge in [-0.25, -0.2) is 14.2 Å². The van der Waals surface area contributed by atoms with Crippen LogP contribution in [0.1, 0.15) is 12.0 Å². The maximum absolute atomic E-state index is 12.0. The predicted octanol–water partition coefficient (Wildman–Crippen LogP) is 1.80. The highest BCUT2D eigenvalue weighted by Gasteiger charge is 2.48. The zero-order chi connectivity index (χ0) is 22.1. The van der Waals surface area contributed by atoms with Crippen molar-refractivity contribution < 1.29 is 42.3 Å². The van der Waals surface area contributed by atoms with E-state index in [4.69, 9.17) is 18.7 Å². The number of phosphoric acid groups is 1. The standard InChI is InChI=1S/C18H27N2O9P/c1-19-17(21)20-14-9-13(15(16(14)25-2)29-30(23,24)26-3)11-28-18(22)27-10-12-7-5-4-6-8-12/h4-8,13-16H,9-11H2,1-3H3,(H,23,24)(H2,19,20,21)/t13-,14+,15?,16-/m1/s1. The Morgan fingerprint density at radius 3 is 2.47 bits per heavy atom. The first kappa shape index (κ1) is 24.1. The lowest BCUT2D eigenvalue weighted by atomic mass is 10.1. The van der Waals surface area contributed by atoms with Gasteiger partial charge in [-0.1, -0.05) is 30.3 Å². The third-order valence-corrected chi connectivity index (χ3v) is 5.63. The molecule has 0 saturated heterocycles. The van der Waals surface area contributed by atoms with Gasteiger partial charge in [-0.3, -0.25) is 9.05 Å². The first-order valence-corrected chi connectivity index (χ1v) is 10.7. The highest BCUT2D eigenvalue weighted by atomic mass is 31.2. The van der Waals surface area contributed by atoms with Gasteiger partial charge in [0, 0.05) is 27.2 Å². The van der Waals surface area contributed by atoms with Crippen molar-refractivity contribution in [1.29, 1.82) is 0 Å². The van der Waals surface area contributed by atoms with Crippen molar-refractivity contribution in [2.24, 2.45) is 5.92 Å². The molecule has 2 unspecified atom stereocenters. The summed E-state index contributed by atoms with van der Waals surface area (Å²) in [5.74, 6) is -0.558. The second-order valence-electron chi connectivity index (χ2n) is 6.58. The fourth-order valence-electron chi connectivity index (χ4n) is 3.21. The van der Waals surface area contributed by atoms with Crippen LogP contribution < -0.4 is 10.6 Å². The van der Waals surface area contributed by atoms with Crippen LogP contribution in [-0.4, -0.2) is 63.2 Å². The van der Waals surface area contributed by atoms with E-state index in [1.165, 1.54) is 14.2 Å². The van der Waals surface area contributed by atoms with Crippen molar-refractivity contribution >= 4 is 20.0 Å². The van der Waals surface area contributed by atoms with Crippen molar-refractivity contribution in [3.63, 3.8) is 0 Å². The number of methoxy groups -OCH3 is 1. The summed E-state index contributed by atoms with van der Waals surface area (Å²) in [5, 5.41) is 5.12. The number of hydrogen-bond donors (Lipinski definition) is 3. The second kappa shape index (κ2) is 11.3. The number of benzene rings is 1. The lowest BCUT2D eigenvalue weighted by Crippen LogP contribution is -2.47. The Balaban J connectivity index is 2.01. The number of urea groups is 1. The zero-order valence-electron chi connectivity index (χ0n) is 17.0. The fraction of sp³-hybridized carbons (Fsp3) is 0.556. The minimum absolute atomic E-state index is 0.0430. The van der Waals surface area contributed by atoms with Crippen LogP contribution in [0, 0.1) is 5.92 Å². The van der Waals surface area contributed by atoms with Crippen molar-refractivity contribution in [1.82, 2.24) is 10.6 Å². The molecule has 0 spiro atoms. The van der Waals surface area contributed by atoms with Crippen LogP contribution in [0.3, 0.4) is 0 Å². The molecule has 2 amide bonds. The number of carbonyl (C=O) groups is 2. The molecule has 0 radical (unpaired) electrons. The molecule has 1 aliphatic rings.